The molecule has 5 nitrogen and oxygen atoms in total. The first-order valence-corrected chi connectivity index (χ1v) is 9.70. The van der Waals surface area contributed by atoms with Crippen LogP contribution in [0.4, 0.5) is 0 Å². The van der Waals surface area contributed by atoms with E-state index in [2.05, 4.69) is 0 Å². The van der Waals surface area contributed by atoms with Crippen LogP contribution in [0.25, 0.3) is 0 Å². The van der Waals surface area contributed by atoms with Crippen molar-refractivity contribution in [1.29, 1.82) is 0 Å². The lowest BCUT2D eigenvalue weighted by molar-refractivity contribution is 0.0606. The monoisotopic (exact) mass is 367 g/mol. The molecule has 4 rings (SSSR count). The van der Waals surface area contributed by atoms with Crippen molar-refractivity contribution < 1.29 is 18.7 Å². The largest absolute Gasteiger partial charge is 0.497 e. The number of carbonyl (C=O) groups is 2. The summed E-state index contributed by atoms with van der Waals surface area (Å²) in [5.74, 6) is 1.99. The van der Waals surface area contributed by atoms with E-state index in [9.17, 15) is 9.59 Å². The zero-order valence-corrected chi connectivity index (χ0v) is 15.9. The molecule has 1 aromatic carbocycles. The van der Waals surface area contributed by atoms with Gasteiger partial charge in [0.25, 0.3) is 5.91 Å². The van der Waals surface area contributed by atoms with Crippen LogP contribution in [-0.2, 0) is 6.42 Å². The number of ketones is 1. The molecule has 1 amide bonds. The number of nitrogens with zero attached hydrogens (tertiary/aromatic N) is 1. The van der Waals surface area contributed by atoms with Gasteiger partial charge in [-0.3, -0.25) is 9.59 Å². The van der Waals surface area contributed by atoms with Gasteiger partial charge in [-0.05, 0) is 50.3 Å². The molecule has 0 saturated carbocycles. The molecule has 0 spiro atoms. The third kappa shape index (κ3) is 3.15. The summed E-state index contributed by atoms with van der Waals surface area (Å²) >= 11 is 0. The summed E-state index contributed by atoms with van der Waals surface area (Å²) in [6, 6.07) is 7.90. The molecule has 0 N–H and O–H groups in total. The minimum atomic E-state index is -0.0831. The maximum Gasteiger partial charge on any atom is 0.258 e. The summed E-state index contributed by atoms with van der Waals surface area (Å²) in [5.41, 5.74) is 2.08. The van der Waals surface area contributed by atoms with Gasteiger partial charge in [0.05, 0.1) is 24.3 Å². The number of Topliss-reactive ketones (excluding diaryl/α,β-unsaturated/α-hetero) is 1. The molecule has 27 heavy (non-hydrogen) atoms. The molecule has 142 valence electrons. The molecule has 0 unspecified atom stereocenters. The van der Waals surface area contributed by atoms with Crippen LogP contribution < -0.4 is 4.74 Å². The topological polar surface area (TPSA) is 59.8 Å². The maximum atomic E-state index is 13.5. The lowest BCUT2D eigenvalue weighted by Crippen LogP contribution is -2.39. The zero-order valence-electron chi connectivity index (χ0n) is 15.9. The van der Waals surface area contributed by atoms with E-state index in [0.29, 0.717) is 35.6 Å². The van der Waals surface area contributed by atoms with Crippen LogP contribution in [0.5, 0.6) is 5.75 Å². The number of aryl methyl sites for hydroxylation is 2. The molecule has 1 saturated heterocycles. The Labute approximate surface area is 159 Å². The van der Waals surface area contributed by atoms with Crippen LogP contribution in [-0.4, -0.2) is 30.2 Å². The lowest BCUT2D eigenvalue weighted by Gasteiger charge is -2.36. The van der Waals surface area contributed by atoms with E-state index in [-0.39, 0.29) is 17.7 Å². The highest BCUT2D eigenvalue weighted by atomic mass is 16.5. The molecular weight excluding hydrogens is 342 g/mol. The van der Waals surface area contributed by atoms with Crippen molar-refractivity contribution in [3.63, 3.8) is 0 Å². The second kappa shape index (κ2) is 7.22. The Morgan fingerprint density at radius 1 is 1.22 bits per heavy atom. The van der Waals surface area contributed by atoms with Crippen LogP contribution in [0.15, 0.2) is 28.7 Å². The SMILES string of the molecule is COc1cccc([C@@H]2CCCCN2C(=O)c2c(C)oc3c2C(=O)CCC3)c1. The Kier molecular flexibility index (Phi) is 4.77. The highest BCUT2D eigenvalue weighted by Crippen LogP contribution is 2.36. The molecule has 1 atom stereocenters. The number of fused-ring (bicyclic) bond motifs is 1. The Bertz CT molecular complexity index is 882. The quantitative estimate of drug-likeness (QED) is 0.802. The predicted molar refractivity (Wildman–Crippen MR) is 101 cm³/mol. The molecule has 2 aromatic rings. The first kappa shape index (κ1) is 17.8. The fourth-order valence-electron chi connectivity index (χ4n) is 4.38. The van der Waals surface area contributed by atoms with Gasteiger partial charge in [-0.1, -0.05) is 12.1 Å². The number of methoxy groups -OCH3 is 1. The van der Waals surface area contributed by atoms with Gasteiger partial charge in [0.15, 0.2) is 5.78 Å². The van der Waals surface area contributed by atoms with E-state index < -0.39 is 0 Å². The number of amides is 1. The number of carbonyl (C=O) groups excluding carboxylic acids is 2. The summed E-state index contributed by atoms with van der Waals surface area (Å²) in [4.78, 5) is 27.9. The van der Waals surface area contributed by atoms with Gasteiger partial charge in [0, 0.05) is 19.4 Å². The van der Waals surface area contributed by atoms with Crippen molar-refractivity contribution in [2.45, 2.75) is 51.5 Å². The van der Waals surface area contributed by atoms with Gasteiger partial charge >= 0.3 is 0 Å². The van der Waals surface area contributed by atoms with Gasteiger partial charge in [-0.2, -0.15) is 0 Å². The van der Waals surface area contributed by atoms with Gasteiger partial charge in [0.1, 0.15) is 17.3 Å². The smallest absolute Gasteiger partial charge is 0.258 e. The van der Waals surface area contributed by atoms with Crippen LogP contribution in [0.1, 0.15) is 75.9 Å². The van der Waals surface area contributed by atoms with Crippen molar-refractivity contribution in [2.24, 2.45) is 0 Å². The first-order chi connectivity index (χ1) is 13.1. The normalized spacial score (nSPS) is 19.7. The van der Waals surface area contributed by atoms with Crippen molar-refractivity contribution in [3.05, 3.63) is 52.5 Å². The molecule has 1 aliphatic heterocycles. The summed E-state index contributed by atoms with van der Waals surface area (Å²) in [6.45, 7) is 2.48. The minimum Gasteiger partial charge on any atom is -0.497 e. The van der Waals surface area contributed by atoms with Gasteiger partial charge in [-0.15, -0.1) is 0 Å². The molecule has 1 aliphatic carbocycles. The molecule has 2 heterocycles. The molecule has 0 radical (unpaired) electrons. The van der Waals surface area contributed by atoms with Crippen molar-refractivity contribution in [2.75, 3.05) is 13.7 Å². The Morgan fingerprint density at radius 3 is 2.89 bits per heavy atom. The Morgan fingerprint density at radius 2 is 2.07 bits per heavy atom. The Balaban J connectivity index is 1.72. The van der Waals surface area contributed by atoms with E-state index in [1.54, 1.807) is 14.0 Å². The standard InChI is InChI=1S/C22H25NO4/c1-14-20(21-18(24)10-6-11-19(21)27-14)22(25)23-12-4-3-9-17(23)15-7-5-8-16(13-15)26-2/h5,7-8,13,17H,3-4,6,9-12H2,1-2H3/t17-/m0/s1. The number of piperidine rings is 1. The maximum absolute atomic E-state index is 13.5. The van der Waals surface area contributed by atoms with Crippen LogP contribution in [0.3, 0.4) is 0 Å². The number of hydrogen-bond acceptors (Lipinski definition) is 4. The molecule has 1 aromatic heterocycles. The number of benzene rings is 1. The highest BCUT2D eigenvalue weighted by molar-refractivity contribution is 6.10. The number of likely N-dealkylation sites (tertiary alicyclic amines) is 1. The predicted octanol–water partition coefficient (Wildman–Crippen LogP) is 4.48. The lowest BCUT2D eigenvalue weighted by atomic mass is 9.90. The third-order valence-electron chi connectivity index (χ3n) is 5.70. The second-order valence-corrected chi connectivity index (χ2v) is 7.39. The van der Waals surface area contributed by atoms with Crippen LogP contribution >= 0.6 is 0 Å². The molecular formula is C22H25NO4. The first-order valence-electron chi connectivity index (χ1n) is 9.70. The number of furan rings is 1. The van der Waals surface area contributed by atoms with E-state index in [1.165, 1.54) is 0 Å². The van der Waals surface area contributed by atoms with E-state index in [4.69, 9.17) is 9.15 Å². The average molecular weight is 367 g/mol. The van der Waals surface area contributed by atoms with Crippen molar-refractivity contribution in [1.82, 2.24) is 4.90 Å². The molecule has 5 heteroatoms. The summed E-state index contributed by atoms with van der Waals surface area (Å²) in [5, 5.41) is 0. The van der Waals surface area contributed by atoms with Crippen LogP contribution in [0, 0.1) is 6.92 Å². The summed E-state index contributed by atoms with van der Waals surface area (Å²) in [7, 11) is 1.65. The van der Waals surface area contributed by atoms with E-state index in [0.717, 1.165) is 43.4 Å². The van der Waals surface area contributed by atoms with Crippen LogP contribution in [0.2, 0.25) is 0 Å². The Hall–Kier alpha value is -2.56. The number of ether oxygens (including phenoxy) is 1. The fourth-order valence-corrected chi connectivity index (χ4v) is 4.38. The zero-order chi connectivity index (χ0) is 19.0. The number of hydrogen-bond donors (Lipinski definition) is 0. The van der Waals surface area contributed by atoms with Gasteiger partial charge in [-0.25, -0.2) is 0 Å². The van der Waals surface area contributed by atoms with Gasteiger partial charge < -0.3 is 14.1 Å². The fraction of sp³-hybridized carbons (Fsp3) is 0.455. The van der Waals surface area contributed by atoms with Crippen molar-refractivity contribution in [3.8, 4) is 5.75 Å². The summed E-state index contributed by atoms with van der Waals surface area (Å²) < 4.78 is 11.2. The van der Waals surface area contributed by atoms with E-state index >= 15 is 0 Å². The minimum absolute atomic E-state index is 0.00927. The molecule has 1 fully saturated rings. The molecule has 0 bridgehead atoms. The highest BCUT2D eigenvalue weighted by Gasteiger charge is 2.36. The van der Waals surface area contributed by atoms with Gasteiger partial charge in [0.2, 0.25) is 0 Å². The number of rotatable bonds is 3. The molecule has 2 aliphatic rings. The van der Waals surface area contributed by atoms with E-state index in [1.807, 2.05) is 29.2 Å². The summed E-state index contributed by atoms with van der Waals surface area (Å²) in [6.07, 6.45) is 4.97. The second-order valence-electron chi connectivity index (χ2n) is 7.39. The average Bonchev–Trinajstić information content (AvgIpc) is 3.04. The third-order valence-corrected chi connectivity index (χ3v) is 5.70. The van der Waals surface area contributed by atoms with Crippen molar-refractivity contribution >= 4 is 11.7 Å².